The van der Waals surface area contributed by atoms with Gasteiger partial charge in [-0.05, 0) is 56.1 Å². The number of hydrogen-bond donors (Lipinski definition) is 1. The third-order valence-corrected chi connectivity index (χ3v) is 8.72. The summed E-state index contributed by atoms with van der Waals surface area (Å²) in [6.45, 7) is 3.27. The van der Waals surface area contributed by atoms with Gasteiger partial charge in [-0.2, -0.15) is 13.2 Å². The van der Waals surface area contributed by atoms with E-state index in [0.717, 1.165) is 50.7 Å². The van der Waals surface area contributed by atoms with E-state index in [9.17, 15) is 21.6 Å². The summed E-state index contributed by atoms with van der Waals surface area (Å²) in [7, 11) is -3.06. The van der Waals surface area contributed by atoms with E-state index < -0.39 is 22.2 Å². The number of carboxylic acids is 1. The molecule has 1 aromatic rings. The average Bonchev–Trinajstić information content (AvgIpc) is 3.57. The van der Waals surface area contributed by atoms with Gasteiger partial charge >= 0.3 is 12.1 Å². The lowest BCUT2D eigenvalue weighted by atomic mass is 9.78. The highest BCUT2D eigenvalue weighted by molar-refractivity contribution is 7.90. The second-order valence-corrected chi connectivity index (χ2v) is 10.8. The number of ether oxygens (including phenoxy) is 2. The van der Waals surface area contributed by atoms with Gasteiger partial charge < -0.3 is 14.6 Å². The van der Waals surface area contributed by atoms with Gasteiger partial charge in [-0.1, -0.05) is 6.07 Å². The second kappa shape index (κ2) is 10.7. The van der Waals surface area contributed by atoms with Crippen molar-refractivity contribution in [2.45, 2.75) is 62.2 Å². The van der Waals surface area contributed by atoms with Gasteiger partial charge in [0.05, 0.1) is 17.5 Å². The van der Waals surface area contributed by atoms with Crippen molar-refractivity contribution >= 4 is 16.0 Å². The van der Waals surface area contributed by atoms with Crippen LogP contribution in [0.15, 0.2) is 24.5 Å². The monoisotopic (exact) mass is 494 g/mol. The fourth-order valence-corrected chi connectivity index (χ4v) is 6.19. The van der Waals surface area contributed by atoms with Gasteiger partial charge in [0, 0.05) is 38.7 Å². The Labute approximate surface area is 191 Å². The zero-order valence-corrected chi connectivity index (χ0v) is 19.0. The molecule has 1 unspecified atom stereocenters. The Hall–Kier alpha value is -1.76. The van der Waals surface area contributed by atoms with Crippen LogP contribution in [0.2, 0.25) is 0 Å². The minimum atomic E-state index is -5.08. The minimum Gasteiger partial charge on any atom is -0.475 e. The standard InChI is InChI=1S/C19H28N2O4S.C2HF3O2/c22-26(23,18-3-4-18)21-10-7-19(8-11-21)17(6-13-25-19)5-12-24-15-16-2-1-9-20-14-16;3-2(4,5)1(6)7/h1-2,9,14,17-18H,3-8,10-13,15H2;(H,6,7). The van der Waals surface area contributed by atoms with Crippen molar-refractivity contribution in [3.63, 3.8) is 0 Å². The van der Waals surface area contributed by atoms with Gasteiger partial charge in [0.15, 0.2) is 0 Å². The average molecular weight is 495 g/mol. The number of carboxylic acid groups (broad SMARTS) is 1. The van der Waals surface area contributed by atoms with Crippen molar-refractivity contribution in [2.75, 3.05) is 26.3 Å². The number of nitrogens with zero attached hydrogens (tertiary/aromatic N) is 2. The van der Waals surface area contributed by atoms with Crippen molar-refractivity contribution in [3.05, 3.63) is 30.1 Å². The third kappa shape index (κ3) is 6.87. The summed E-state index contributed by atoms with van der Waals surface area (Å²) >= 11 is 0. The summed E-state index contributed by atoms with van der Waals surface area (Å²) < 4.78 is 70.3. The van der Waals surface area contributed by atoms with E-state index in [4.69, 9.17) is 19.4 Å². The van der Waals surface area contributed by atoms with Crippen LogP contribution >= 0.6 is 0 Å². The Bertz CT molecular complexity index is 885. The summed E-state index contributed by atoms with van der Waals surface area (Å²) in [4.78, 5) is 13.0. The first-order valence-corrected chi connectivity index (χ1v) is 12.4. The molecule has 33 heavy (non-hydrogen) atoms. The van der Waals surface area contributed by atoms with E-state index in [0.29, 0.717) is 32.2 Å². The van der Waals surface area contributed by atoms with Crippen LogP contribution in [-0.2, 0) is 30.9 Å². The van der Waals surface area contributed by atoms with Crippen LogP contribution < -0.4 is 0 Å². The summed E-state index contributed by atoms with van der Waals surface area (Å²) in [6.07, 6.45) is 3.81. The highest BCUT2D eigenvalue weighted by atomic mass is 32.2. The van der Waals surface area contributed by atoms with Crippen molar-refractivity contribution < 1.29 is 41.0 Å². The molecule has 1 spiro atoms. The fraction of sp³-hybridized carbons (Fsp3) is 0.714. The zero-order chi connectivity index (χ0) is 24.1. The minimum absolute atomic E-state index is 0.113. The molecular weight excluding hydrogens is 465 g/mol. The predicted octanol–water partition coefficient (Wildman–Crippen LogP) is 2.98. The predicted molar refractivity (Wildman–Crippen MR) is 112 cm³/mol. The lowest BCUT2D eigenvalue weighted by Gasteiger charge is -2.41. The molecule has 3 heterocycles. The number of alkyl halides is 3. The van der Waals surface area contributed by atoms with Gasteiger partial charge in [0.25, 0.3) is 0 Å². The first kappa shape index (κ1) is 25.9. The summed E-state index contributed by atoms with van der Waals surface area (Å²) in [5.74, 6) is -2.30. The van der Waals surface area contributed by atoms with Crippen LogP contribution in [-0.4, -0.2) is 72.1 Å². The van der Waals surface area contributed by atoms with Gasteiger partial charge in [-0.15, -0.1) is 0 Å². The fourth-order valence-electron chi connectivity index (χ4n) is 4.34. The van der Waals surface area contributed by atoms with Gasteiger partial charge in [-0.3, -0.25) is 4.98 Å². The Morgan fingerprint density at radius 2 is 1.94 bits per heavy atom. The first-order valence-electron chi connectivity index (χ1n) is 10.9. The smallest absolute Gasteiger partial charge is 0.475 e. The van der Waals surface area contributed by atoms with Gasteiger partial charge in [0.2, 0.25) is 10.0 Å². The number of aromatic nitrogens is 1. The van der Waals surface area contributed by atoms with Crippen LogP contribution in [0.3, 0.4) is 0 Å². The van der Waals surface area contributed by atoms with Gasteiger partial charge in [-0.25, -0.2) is 17.5 Å². The van der Waals surface area contributed by atoms with Crippen LogP contribution in [0.1, 0.15) is 44.1 Å². The number of aliphatic carboxylic acids is 1. The first-order chi connectivity index (χ1) is 15.5. The second-order valence-electron chi connectivity index (χ2n) is 8.55. The van der Waals surface area contributed by atoms with Crippen LogP contribution in [0.4, 0.5) is 13.2 Å². The summed E-state index contributed by atoms with van der Waals surface area (Å²) in [6, 6.07) is 3.94. The molecule has 3 fully saturated rings. The number of carbonyl (C=O) groups is 1. The maximum atomic E-state index is 12.4. The Balaban J connectivity index is 0.000000383. The highest BCUT2D eigenvalue weighted by Crippen LogP contribution is 2.44. The molecule has 0 bridgehead atoms. The molecule has 1 atom stereocenters. The normalized spacial score (nSPS) is 23.2. The maximum Gasteiger partial charge on any atom is 0.490 e. The molecule has 1 aliphatic carbocycles. The lowest BCUT2D eigenvalue weighted by molar-refractivity contribution is -0.192. The molecule has 1 saturated carbocycles. The summed E-state index contributed by atoms with van der Waals surface area (Å²) in [5.41, 5.74) is 0.941. The molecule has 4 rings (SSSR count). The van der Waals surface area contributed by atoms with Crippen LogP contribution in [0, 0.1) is 5.92 Å². The topological polar surface area (TPSA) is 106 Å². The number of piperidine rings is 1. The molecule has 1 aromatic heterocycles. The van der Waals surface area contributed by atoms with Crippen molar-refractivity contribution in [1.29, 1.82) is 0 Å². The van der Waals surface area contributed by atoms with Crippen molar-refractivity contribution in [1.82, 2.24) is 9.29 Å². The number of halogens is 3. The molecule has 1 N–H and O–H groups in total. The molecule has 0 aromatic carbocycles. The van der Waals surface area contributed by atoms with Crippen LogP contribution in [0.25, 0.3) is 0 Å². The zero-order valence-electron chi connectivity index (χ0n) is 18.2. The third-order valence-electron chi connectivity index (χ3n) is 6.32. The van der Waals surface area contributed by atoms with Crippen molar-refractivity contribution in [3.8, 4) is 0 Å². The lowest BCUT2D eigenvalue weighted by Crippen LogP contribution is -2.50. The van der Waals surface area contributed by atoms with E-state index in [1.54, 1.807) is 10.5 Å². The molecule has 2 saturated heterocycles. The molecular formula is C21H29F3N2O6S. The van der Waals surface area contributed by atoms with E-state index >= 15 is 0 Å². The van der Waals surface area contributed by atoms with Crippen LogP contribution in [0.5, 0.6) is 0 Å². The van der Waals surface area contributed by atoms with E-state index in [-0.39, 0.29) is 10.9 Å². The molecule has 0 radical (unpaired) electrons. The number of pyridine rings is 1. The molecule has 2 aliphatic heterocycles. The quantitative estimate of drug-likeness (QED) is 0.581. The molecule has 8 nitrogen and oxygen atoms in total. The van der Waals surface area contributed by atoms with Crippen molar-refractivity contribution in [2.24, 2.45) is 5.92 Å². The maximum absolute atomic E-state index is 12.4. The largest absolute Gasteiger partial charge is 0.490 e. The molecule has 186 valence electrons. The molecule has 0 amide bonds. The van der Waals surface area contributed by atoms with E-state index in [2.05, 4.69) is 4.98 Å². The number of rotatable bonds is 7. The summed E-state index contributed by atoms with van der Waals surface area (Å²) in [5, 5.41) is 7.01. The SMILES string of the molecule is O=C(O)C(F)(F)F.O=S(=O)(C1CC1)N1CCC2(CC1)OCCC2CCOCc1cccnc1. The Kier molecular flexibility index (Phi) is 8.35. The molecule has 3 aliphatic rings. The van der Waals surface area contributed by atoms with E-state index in [1.807, 2.05) is 18.3 Å². The number of sulfonamides is 1. The Morgan fingerprint density at radius 1 is 1.27 bits per heavy atom. The molecule has 12 heteroatoms. The number of hydrogen-bond acceptors (Lipinski definition) is 6. The van der Waals surface area contributed by atoms with E-state index in [1.165, 1.54) is 0 Å². The highest BCUT2D eigenvalue weighted by Gasteiger charge is 2.49. The van der Waals surface area contributed by atoms with Gasteiger partial charge in [0.1, 0.15) is 0 Å². The Morgan fingerprint density at radius 3 is 2.48 bits per heavy atom.